The Balaban J connectivity index is 1.01. The zero-order chi connectivity index (χ0) is 95.8. The topological polar surface area (TPSA) is 553 Å². The molecule has 0 aliphatic carbocycles. The lowest BCUT2D eigenvalue weighted by Crippen LogP contribution is -2.60. The van der Waals surface area contributed by atoms with Crippen molar-refractivity contribution in [2.45, 2.75) is 218 Å². The number of ether oxygens (including phenoxy) is 9. The maximum Gasteiger partial charge on any atom is 0.410 e. The third-order valence-electron chi connectivity index (χ3n) is 22.7. The number of rotatable bonds is 57. The first-order chi connectivity index (χ1) is 61.9. The monoisotopic (exact) mass is 1830 g/mol. The summed E-state index contributed by atoms with van der Waals surface area (Å²) in [5.74, 6) is -12.6. The lowest BCUT2D eigenvalue weighted by atomic mass is 9.89. The molecule has 6 rings (SSSR count). The van der Waals surface area contributed by atoms with Crippen LogP contribution >= 0.6 is 0 Å². The minimum absolute atomic E-state index is 0.00115. The molecule has 0 radical (unpaired) electrons. The molecule has 4 aliphatic rings. The number of nitrogens with one attached hydrogen (secondary N) is 10. The van der Waals surface area contributed by atoms with Gasteiger partial charge < -0.3 is 116 Å². The number of cyclic esters (lactones) is 2. The van der Waals surface area contributed by atoms with E-state index in [0.29, 0.717) is 36.9 Å². The first-order valence-electron chi connectivity index (χ1n) is 44.1. The van der Waals surface area contributed by atoms with E-state index in [1.807, 2.05) is 13.8 Å². The SMILES string of the molecule is CC[C@H](C)[C@@H]([C@@H](CC(=O)N1CCC[C@H]1[C@H](OC)[C@@H](C)C(=O)N[C@H](C(=O)N[C@H]1CCOC1=O)[C@@H](O)c1ccccc1)OC)N(C)C(=O)[C@@H](NC(=O)[C@H](C(C)C)N(C)C(=O)OCc1ccc(NC(=O)[C@H](CCCNC(N)=O)NC(=O)[C@@H](NC(=O)[C@H](CC(=O)N[C@H]2CCOC2=O)NC(=O)CCOCCOCCOCCOCCNC(=O)CCN2C(=O)C=CC2=O)C(C)C)cc1)C(C)C. The highest BCUT2D eigenvalue weighted by Crippen LogP contribution is 2.31. The largest absolute Gasteiger partial charge is 0.464 e. The predicted octanol–water partition coefficient (Wildman–Crippen LogP) is 0.198. The van der Waals surface area contributed by atoms with Gasteiger partial charge in [0.25, 0.3) is 11.8 Å². The van der Waals surface area contributed by atoms with Gasteiger partial charge in [0, 0.05) is 98.0 Å². The number of imide groups is 1. The predicted molar refractivity (Wildman–Crippen MR) is 466 cm³/mol. The van der Waals surface area contributed by atoms with Crippen molar-refractivity contribution >= 4 is 107 Å². The van der Waals surface area contributed by atoms with Crippen molar-refractivity contribution in [1.82, 2.24) is 67.5 Å². The van der Waals surface area contributed by atoms with Crippen LogP contribution in [0.1, 0.15) is 150 Å². The Morgan fingerprint density at radius 3 is 1.72 bits per heavy atom. The number of anilines is 1. The van der Waals surface area contributed by atoms with Crippen LogP contribution in [-0.4, -0.2) is 319 Å². The molecule has 0 unspecified atom stereocenters. The molecule has 0 bridgehead atoms. The Hall–Kier alpha value is -11.3. The van der Waals surface area contributed by atoms with Gasteiger partial charge in [0.1, 0.15) is 61.0 Å². The van der Waals surface area contributed by atoms with Crippen LogP contribution in [-0.2, 0) is 121 Å². The number of esters is 2. The number of methoxy groups -OCH3 is 2. The van der Waals surface area contributed by atoms with E-state index in [4.69, 9.17) is 48.4 Å². The van der Waals surface area contributed by atoms with Gasteiger partial charge in [0.15, 0.2) is 0 Å². The highest BCUT2D eigenvalue weighted by Gasteiger charge is 2.46. The van der Waals surface area contributed by atoms with Gasteiger partial charge in [-0.1, -0.05) is 111 Å². The number of aliphatic hydroxyl groups is 1. The summed E-state index contributed by atoms with van der Waals surface area (Å²) < 4.78 is 49.8. The molecular weight excluding hydrogens is 1700 g/mol. The van der Waals surface area contributed by atoms with Crippen molar-refractivity contribution in [2.75, 3.05) is 126 Å². The fourth-order valence-electron chi connectivity index (χ4n) is 15.3. The molecule has 13 N–H and O–H groups in total. The van der Waals surface area contributed by atoms with E-state index in [1.54, 1.807) is 103 Å². The summed E-state index contributed by atoms with van der Waals surface area (Å²) in [6.07, 6.45) is -1.19. The molecule has 722 valence electrons. The van der Waals surface area contributed by atoms with Gasteiger partial charge in [0.2, 0.25) is 65.0 Å². The highest BCUT2D eigenvalue weighted by atomic mass is 16.6. The Morgan fingerprint density at radius 1 is 0.569 bits per heavy atom. The number of primary amides is 1. The van der Waals surface area contributed by atoms with Crippen LogP contribution in [0.5, 0.6) is 0 Å². The number of nitrogens with two attached hydrogens (primary N) is 1. The summed E-state index contributed by atoms with van der Waals surface area (Å²) in [4.78, 5) is 233. The van der Waals surface area contributed by atoms with Crippen molar-refractivity contribution in [3.8, 4) is 0 Å². The van der Waals surface area contributed by atoms with E-state index < -0.39 is 198 Å². The number of carbonyl (C=O) groups is 17. The minimum Gasteiger partial charge on any atom is -0.464 e. The highest BCUT2D eigenvalue weighted by molar-refractivity contribution is 6.13. The second-order valence-electron chi connectivity index (χ2n) is 33.3. The summed E-state index contributed by atoms with van der Waals surface area (Å²) in [6, 6.07) is 1.97. The Bertz CT molecular complexity index is 4140. The van der Waals surface area contributed by atoms with Crippen LogP contribution in [0.25, 0.3) is 0 Å². The van der Waals surface area contributed by atoms with Crippen LogP contribution < -0.4 is 58.9 Å². The third kappa shape index (κ3) is 33.9. The molecule has 42 nitrogen and oxygen atoms in total. The second-order valence-corrected chi connectivity index (χ2v) is 33.3. The Labute approximate surface area is 757 Å². The number of hydrogen-bond acceptors (Lipinski definition) is 27. The fourth-order valence-corrected chi connectivity index (χ4v) is 15.3. The summed E-state index contributed by atoms with van der Waals surface area (Å²) in [5, 5.41) is 37.9. The van der Waals surface area contributed by atoms with Gasteiger partial charge in [-0.25, -0.2) is 19.2 Å². The van der Waals surface area contributed by atoms with Gasteiger partial charge in [-0.2, -0.15) is 0 Å². The van der Waals surface area contributed by atoms with Crippen molar-refractivity contribution in [3.05, 3.63) is 77.9 Å². The first kappa shape index (κ1) is 107. The average Bonchev–Trinajstić information content (AvgIpc) is 1.65. The first-order valence-corrected chi connectivity index (χ1v) is 44.1. The van der Waals surface area contributed by atoms with E-state index in [2.05, 4.69) is 53.2 Å². The Kier molecular flexibility index (Phi) is 45.5. The number of amides is 16. The maximum absolute atomic E-state index is 15.0. The zero-order valence-corrected chi connectivity index (χ0v) is 76.6. The van der Waals surface area contributed by atoms with Gasteiger partial charge >= 0.3 is 24.1 Å². The number of aliphatic hydroxyl groups excluding tert-OH is 1. The summed E-state index contributed by atoms with van der Waals surface area (Å²) >= 11 is 0. The van der Waals surface area contributed by atoms with Gasteiger partial charge in [-0.3, -0.25) is 72.1 Å². The van der Waals surface area contributed by atoms with Gasteiger partial charge in [-0.15, -0.1) is 0 Å². The maximum atomic E-state index is 15.0. The van der Waals surface area contributed by atoms with Crippen LogP contribution in [0.3, 0.4) is 0 Å². The number of urea groups is 1. The molecule has 2 aromatic carbocycles. The molecule has 15 atom stereocenters. The number of benzene rings is 2. The van der Waals surface area contributed by atoms with E-state index in [9.17, 15) is 81.8 Å². The summed E-state index contributed by atoms with van der Waals surface area (Å²) in [5.41, 5.74) is 6.31. The molecule has 2 aromatic rings. The van der Waals surface area contributed by atoms with E-state index in [0.717, 1.165) is 22.0 Å². The smallest absolute Gasteiger partial charge is 0.410 e. The number of hydrogen-bond donors (Lipinski definition) is 12. The molecule has 0 saturated carbocycles. The van der Waals surface area contributed by atoms with Crippen molar-refractivity contribution in [1.29, 1.82) is 0 Å². The molecule has 0 spiro atoms. The molecule has 0 aromatic heterocycles. The van der Waals surface area contributed by atoms with Gasteiger partial charge in [0.05, 0.1) is 109 Å². The van der Waals surface area contributed by atoms with Crippen molar-refractivity contribution in [3.63, 3.8) is 0 Å². The normalized spacial score (nSPS) is 18.2. The van der Waals surface area contributed by atoms with Crippen molar-refractivity contribution in [2.24, 2.45) is 35.3 Å². The van der Waals surface area contributed by atoms with Crippen LogP contribution in [0.15, 0.2) is 66.7 Å². The fraction of sp³-hybridized carbons (Fsp3) is 0.648. The van der Waals surface area contributed by atoms with E-state index in [1.165, 1.54) is 38.3 Å². The second kappa shape index (κ2) is 55.0. The number of likely N-dealkylation sites (N-methyl/N-ethyl adjacent to an activating group) is 2. The molecule has 3 fully saturated rings. The lowest BCUT2D eigenvalue weighted by molar-refractivity contribution is -0.148. The minimum atomic E-state index is -1.60. The Morgan fingerprint density at radius 2 is 1.15 bits per heavy atom. The van der Waals surface area contributed by atoms with Crippen LogP contribution in [0.4, 0.5) is 15.3 Å². The molecule has 3 saturated heterocycles. The number of carbonyl (C=O) groups excluding carboxylic acids is 17. The van der Waals surface area contributed by atoms with Gasteiger partial charge in [-0.05, 0) is 72.6 Å². The molecular formula is C88H133N15O27. The molecule has 130 heavy (non-hydrogen) atoms. The third-order valence-corrected chi connectivity index (χ3v) is 22.7. The summed E-state index contributed by atoms with van der Waals surface area (Å²) in [7, 11) is 5.82. The van der Waals surface area contributed by atoms with Crippen LogP contribution in [0.2, 0.25) is 0 Å². The lowest BCUT2D eigenvalue weighted by Gasteiger charge is -2.41. The van der Waals surface area contributed by atoms with E-state index >= 15 is 4.79 Å². The standard InChI is InChI=1S/C88H133N15O27/c1-14-54(8)75(64(122-12)49-70(109)102-36-19-23-63(102)77(123-13)55(9)78(111)99-73(76(110)57-20-16-15-17-21-57)82(115)96-61-32-40-129-86(61)119)100(10)84(117)72(52(4)5)98-83(116)74(53(6)7)101(11)88(121)130-50-56-24-26-58(27-25-56)92-79(112)59(22-18-34-91-87(89)120)95-81(114)71(51(2)3)97-80(113)62(48-67(106)93-60-31-39-128-85(60)118)94-66(105)33-38-124-42-44-126-46-47-127-45-43-125-41-35-90-65(104)30-37-103-68(107)28-29-69(103)108/h15-17,20-21,24-29,51-55,59-64,71-77,110H,14,18-19,22-23,30-50H2,1-13H3,(H,90,104)(H,92,112)(H,93,106)(H,94,105)(H,95,114)(H,96,115)(H,97,113)(H,98,116)(H,99,111)(H3,89,91,120)/t54-,55+,59-,60-,61-,62-,63-,64+,71-,72-,73-,74-,75-,76-,77+/m0/s1. The molecule has 4 aliphatic heterocycles. The molecule has 4 heterocycles. The summed E-state index contributed by atoms with van der Waals surface area (Å²) in [6.45, 7) is 17.1. The van der Waals surface area contributed by atoms with Crippen molar-refractivity contribution < 1.29 is 129 Å². The number of nitrogens with zero attached hydrogens (tertiary/aromatic N) is 4. The van der Waals surface area contributed by atoms with E-state index in [-0.39, 0.29) is 161 Å². The molecule has 42 heteroatoms. The quantitative estimate of drug-likeness (QED) is 0.0182. The molecule has 16 amide bonds. The van der Waals surface area contributed by atoms with Crippen LogP contribution in [0, 0.1) is 29.6 Å². The zero-order valence-electron chi connectivity index (χ0n) is 76.6. The number of likely N-dealkylation sites (tertiary alicyclic amines) is 1. The average molecular weight is 1830 g/mol.